The van der Waals surface area contributed by atoms with Crippen LogP contribution in [0.15, 0.2) is 95.4 Å². The molecule has 30 heavy (non-hydrogen) atoms. The highest BCUT2D eigenvalue weighted by Gasteiger charge is 2.11. The van der Waals surface area contributed by atoms with Gasteiger partial charge in [-0.25, -0.2) is 0 Å². The van der Waals surface area contributed by atoms with Gasteiger partial charge in [-0.1, -0.05) is 59.9 Å². The fourth-order valence-electron chi connectivity index (χ4n) is 4.11. The van der Waals surface area contributed by atoms with Crippen molar-refractivity contribution >= 4 is 43.5 Å². The summed E-state index contributed by atoms with van der Waals surface area (Å²) in [5, 5.41) is 7.05. The Morgan fingerprint density at radius 2 is 1.30 bits per heavy atom. The zero-order valence-corrected chi connectivity index (χ0v) is 16.6. The Kier molecular flexibility index (Phi) is 3.66. The summed E-state index contributed by atoms with van der Waals surface area (Å²) in [6.45, 7) is 2.08. The van der Waals surface area contributed by atoms with Crippen LogP contribution in [0.25, 0.3) is 43.5 Å². The molecule has 1 heteroatoms. The van der Waals surface area contributed by atoms with E-state index in [1.165, 1.54) is 21.7 Å². The topological polar surface area (TPSA) is 13.1 Å². The second-order valence-corrected chi connectivity index (χ2v) is 7.79. The van der Waals surface area contributed by atoms with Crippen molar-refractivity contribution in [2.75, 3.05) is 0 Å². The molecule has 0 aliphatic carbocycles. The van der Waals surface area contributed by atoms with Crippen LogP contribution < -0.4 is 0 Å². The average molecular weight is 382 g/mol. The highest BCUT2D eigenvalue weighted by atomic mass is 16.3. The second-order valence-electron chi connectivity index (χ2n) is 7.79. The lowest BCUT2D eigenvalue weighted by molar-refractivity contribution is 0.672. The molecule has 0 atom stereocenters. The fourth-order valence-corrected chi connectivity index (χ4v) is 4.11. The fraction of sp³-hybridized carbons (Fsp3) is 0.0345. The lowest BCUT2D eigenvalue weighted by atomic mass is 10.0. The molecule has 140 valence electrons. The van der Waals surface area contributed by atoms with Crippen LogP contribution in [-0.4, -0.2) is 0 Å². The van der Waals surface area contributed by atoms with Crippen molar-refractivity contribution in [1.82, 2.24) is 0 Å². The molecule has 0 aliphatic heterocycles. The van der Waals surface area contributed by atoms with Crippen LogP contribution >= 0.6 is 0 Å². The quantitative estimate of drug-likeness (QED) is 0.195. The largest absolute Gasteiger partial charge is 0.455 e. The molecule has 0 amide bonds. The predicted molar refractivity (Wildman–Crippen MR) is 126 cm³/mol. The summed E-state index contributed by atoms with van der Waals surface area (Å²) in [5.74, 6) is 6.56. The van der Waals surface area contributed by atoms with Crippen LogP contribution in [0.5, 0.6) is 0 Å². The Balaban J connectivity index is 1.53. The van der Waals surface area contributed by atoms with E-state index in [1.54, 1.807) is 0 Å². The normalized spacial score (nSPS) is 11.2. The van der Waals surface area contributed by atoms with Crippen LogP contribution in [-0.2, 0) is 0 Å². The van der Waals surface area contributed by atoms with Gasteiger partial charge in [-0.3, -0.25) is 0 Å². The van der Waals surface area contributed by atoms with Gasteiger partial charge in [-0.05, 0) is 71.6 Å². The maximum atomic E-state index is 6.30. The van der Waals surface area contributed by atoms with E-state index in [9.17, 15) is 0 Å². The van der Waals surface area contributed by atoms with Crippen LogP contribution in [0.2, 0.25) is 0 Å². The summed E-state index contributed by atoms with van der Waals surface area (Å²) in [6, 6.07) is 31.7. The summed E-state index contributed by atoms with van der Waals surface area (Å²) in [7, 11) is 0. The smallest absolute Gasteiger partial charge is 0.143 e. The van der Waals surface area contributed by atoms with Gasteiger partial charge in [0, 0.05) is 27.3 Å². The SMILES string of the molecule is Cc1ccc(C#Cc2ccc3oc4c5cc6ccccc6cc5ccc4c3c2)cc1. The van der Waals surface area contributed by atoms with Crippen molar-refractivity contribution in [3.05, 3.63) is 108 Å². The third-order valence-electron chi connectivity index (χ3n) is 5.72. The van der Waals surface area contributed by atoms with Crippen molar-refractivity contribution < 1.29 is 4.42 Å². The summed E-state index contributed by atoms with van der Waals surface area (Å²) in [6.07, 6.45) is 0. The Labute approximate surface area is 174 Å². The van der Waals surface area contributed by atoms with Crippen LogP contribution in [0, 0.1) is 18.8 Å². The molecule has 0 aliphatic rings. The van der Waals surface area contributed by atoms with E-state index in [0.717, 1.165) is 38.5 Å². The third kappa shape index (κ3) is 2.74. The summed E-state index contributed by atoms with van der Waals surface area (Å²) < 4.78 is 6.30. The van der Waals surface area contributed by atoms with Crippen LogP contribution in [0.4, 0.5) is 0 Å². The third-order valence-corrected chi connectivity index (χ3v) is 5.72. The summed E-state index contributed by atoms with van der Waals surface area (Å²) in [5.41, 5.74) is 5.09. The molecule has 0 radical (unpaired) electrons. The first-order chi connectivity index (χ1) is 14.7. The van der Waals surface area contributed by atoms with Gasteiger partial charge in [-0.15, -0.1) is 0 Å². The molecule has 6 aromatic rings. The molecule has 6 rings (SSSR count). The van der Waals surface area contributed by atoms with Crippen molar-refractivity contribution in [3.63, 3.8) is 0 Å². The first-order valence-electron chi connectivity index (χ1n) is 10.1. The Hall–Kier alpha value is -4.02. The molecule has 0 fully saturated rings. The van der Waals surface area contributed by atoms with E-state index >= 15 is 0 Å². The molecule has 0 bridgehead atoms. The van der Waals surface area contributed by atoms with Gasteiger partial charge in [0.1, 0.15) is 11.2 Å². The minimum absolute atomic E-state index is 0.895. The number of fused-ring (bicyclic) bond motifs is 6. The van der Waals surface area contributed by atoms with E-state index < -0.39 is 0 Å². The minimum atomic E-state index is 0.895. The highest BCUT2D eigenvalue weighted by Crippen LogP contribution is 2.36. The number of hydrogen-bond donors (Lipinski definition) is 0. The molecule has 0 unspecified atom stereocenters. The Morgan fingerprint density at radius 3 is 2.13 bits per heavy atom. The van der Waals surface area contributed by atoms with Crippen molar-refractivity contribution in [2.45, 2.75) is 6.92 Å². The van der Waals surface area contributed by atoms with E-state index in [-0.39, 0.29) is 0 Å². The molecule has 0 saturated heterocycles. The van der Waals surface area contributed by atoms with Gasteiger partial charge in [0.05, 0.1) is 0 Å². The van der Waals surface area contributed by atoms with Gasteiger partial charge >= 0.3 is 0 Å². The second kappa shape index (κ2) is 6.51. The number of aryl methyl sites for hydroxylation is 1. The molecule has 5 aromatic carbocycles. The summed E-state index contributed by atoms with van der Waals surface area (Å²) in [4.78, 5) is 0. The molecule has 0 spiro atoms. The van der Waals surface area contributed by atoms with Crippen LogP contribution in [0.3, 0.4) is 0 Å². The average Bonchev–Trinajstić information content (AvgIpc) is 3.16. The van der Waals surface area contributed by atoms with E-state index in [1.807, 2.05) is 12.1 Å². The zero-order valence-electron chi connectivity index (χ0n) is 16.6. The number of benzene rings is 5. The van der Waals surface area contributed by atoms with Gasteiger partial charge in [0.2, 0.25) is 0 Å². The lowest BCUT2D eigenvalue weighted by Gasteiger charge is -2.02. The predicted octanol–water partition coefficient (Wildman–Crippen LogP) is 7.60. The maximum absolute atomic E-state index is 6.30. The molecule has 0 saturated carbocycles. The van der Waals surface area contributed by atoms with Gasteiger partial charge in [0.15, 0.2) is 0 Å². The van der Waals surface area contributed by atoms with E-state index in [4.69, 9.17) is 4.42 Å². The molecule has 1 aromatic heterocycles. The van der Waals surface area contributed by atoms with E-state index in [2.05, 4.69) is 97.6 Å². The number of rotatable bonds is 0. The standard InChI is InChI=1S/C29H18O/c1-19-6-8-20(9-7-19)10-11-21-12-15-28-27(16-21)25-14-13-24-17-22-4-2-3-5-23(22)18-26(24)29(25)30-28/h2-9,12-18H,1H3. The molecular weight excluding hydrogens is 364 g/mol. The number of furan rings is 1. The first-order valence-corrected chi connectivity index (χ1v) is 10.1. The van der Waals surface area contributed by atoms with Gasteiger partial charge in [0.25, 0.3) is 0 Å². The van der Waals surface area contributed by atoms with Crippen molar-refractivity contribution in [1.29, 1.82) is 0 Å². The zero-order chi connectivity index (χ0) is 20.1. The Bertz CT molecular complexity index is 1640. The highest BCUT2D eigenvalue weighted by molar-refractivity contribution is 6.17. The maximum Gasteiger partial charge on any atom is 0.143 e. The molecule has 1 nitrogen and oxygen atoms in total. The van der Waals surface area contributed by atoms with Gasteiger partial charge < -0.3 is 4.42 Å². The lowest BCUT2D eigenvalue weighted by Crippen LogP contribution is -1.78. The minimum Gasteiger partial charge on any atom is -0.455 e. The monoisotopic (exact) mass is 382 g/mol. The van der Waals surface area contributed by atoms with Gasteiger partial charge in [-0.2, -0.15) is 0 Å². The van der Waals surface area contributed by atoms with Crippen molar-refractivity contribution in [3.8, 4) is 11.8 Å². The first kappa shape index (κ1) is 16.9. The van der Waals surface area contributed by atoms with Crippen LogP contribution in [0.1, 0.15) is 16.7 Å². The molecular formula is C29H18O. The van der Waals surface area contributed by atoms with Crippen molar-refractivity contribution in [2.24, 2.45) is 0 Å². The number of hydrogen-bond acceptors (Lipinski definition) is 1. The van der Waals surface area contributed by atoms with E-state index in [0.29, 0.717) is 0 Å². The Morgan fingerprint density at radius 1 is 0.567 bits per heavy atom. The summed E-state index contributed by atoms with van der Waals surface area (Å²) >= 11 is 0. The molecule has 1 heterocycles. The molecule has 0 N–H and O–H groups in total.